The standard InChI is InChI=1S/C7H8N2O2/c10-6-2-5-9-4-1-3-8-7(9)11/h1,3-4,6H,2,5H2. The Bertz CT molecular complexity index is 292. The molecular formula is C7H8N2O2. The molecule has 1 aromatic heterocycles. The van der Waals surface area contributed by atoms with Gasteiger partial charge in [-0.15, -0.1) is 0 Å². The largest absolute Gasteiger partial charge is 0.347 e. The Hall–Kier alpha value is -1.45. The minimum absolute atomic E-state index is 0.311. The zero-order valence-corrected chi connectivity index (χ0v) is 5.93. The Morgan fingerprint density at radius 1 is 1.64 bits per heavy atom. The number of carbonyl (C=O) groups excluding carboxylic acids is 1. The van der Waals surface area contributed by atoms with Crippen LogP contribution in [0.15, 0.2) is 23.3 Å². The number of hydrogen-bond acceptors (Lipinski definition) is 3. The van der Waals surface area contributed by atoms with E-state index < -0.39 is 0 Å². The number of hydrogen-bond donors (Lipinski definition) is 0. The molecule has 0 aromatic carbocycles. The van der Waals surface area contributed by atoms with E-state index in [0.29, 0.717) is 13.0 Å². The van der Waals surface area contributed by atoms with E-state index in [1.807, 2.05) is 0 Å². The van der Waals surface area contributed by atoms with E-state index in [1.54, 1.807) is 12.3 Å². The molecule has 0 fully saturated rings. The van der Waals surface area contributed by atoms with Crippen LogP contribution < -0.4 is 5.69 Å². The highest BCUT2D eigenvalue weighted by Gasteiger charge is 1.91. The molecule has 1 heterocycles. The molecule has 1 rings (SSSR count). The summed E-state index contributed by atoms with van der Waals surface area (Å²) in [5.74, 6) is 0. The lowest BCUT2D eigenvalue weighted by molar-refractivity contribution is -0.108. The molecule has 0 unspecified atom stereocenters. The third-order valence-electron chi connectivity index (χ3n) is 1.27. The van der Waals surface area contributed by atoms with Crippen LogP contribution >= 0.6 is 0 Å². The molecule has 0 saturated heterocycles. The second-order valence-electron chi connectivity index (χ2n) is 2.05. The van der Waals surface area contributed by atoms with Gasteiger partial charge in [0, 0.05) is 25.4 Å². The van der Waals surface area contributed by atoms with Crippen LogP contribution in [-0.2, 0) is 11.3 Å². The third kappa shape index (κ3) is 2.00. The van der Waals surface area contributed by atoms with Crippen molar-refractivity contribution in [3.8, 4) is 0 Å². The lowest BCUT2D eigenvalue weighted by atomic mass is 10.4. The van der Waals surface area contributed by atoms with E-state index in [9.17, 15) is 9.59 Å². The molecule has 0 aliphatic carbocycles. The summed E-state index contributed by atoms with van der Waals surface area (Å²) in [5, 5.41) is 0. The smallest absolute Gasteiger partial charge is 0.303 e. The van der Waals surface area contributed by atoms with E-state index in [2.05, 4.69) is 4.98 Å². The van der Waals surface area contributed by atoms with Crippen LogP contribution in [0.2, 0.25) is 0 Å². The minimum atomic E-state index is -0.311. The van der Waals surface area contributed by atoms with Crippen molar-refractivity contribution in [3.05, 3.63) is 28.9 Å². The van der Waals surface area contributed by atoms with Gasteiger partial charge in [-0.2, -0.15) is 0 Å². The SMILES string of the molecule is O=CCCn1cccnc1=O. The number of carbonyl (C=O) groups is 1. The van der Waals surface area contributed by atoms with Crippen molar-refractivity contribution in [1.29, 1.82) is 0 Å². The zero-order valence-electron chi connectivity index (χ0n) is 5.93. The topological polar surface area (TPSA) is 52.0 Å². The molecule has 0 bridgehead atoms. The van der Waals surface area contributed by atoms with Gasteiger partial charge in [0.05, 0.1) is 0 Å². The fourth-order valence-corrected chi connectivity index (χ4v) is 0.749. The summed E-state index contributed by atoms with van der Waals surface area (Å²) < 4.78 is 1.40. The third-order valence-corrected chi connectivity index (χ3v) is 1.27. The van der Waals surface area contributed by atoms with Crippen molar-refractivity contribution in [3.63, 3.8) is 0 Å². The highest BCUT2D eigenvalue weighted by molar-refractivity contribution is 5.48. The first kappa shape index (κ1) is 7.65. The maximum Gasteiger partial charge on any atom is 0.347 e. The molecule has 58 valence electrons. The van der Waals surface area contributed by atoms with Crippen LogP contribution in [0.3, 0.4) is 0 Å². The Kier molecular flexibility index (Phi) is 2.54. The first-order valence-corrected chi connectivity index (χ1v) is 3.29. The van der Waals surface area contributed by atoms with Crippen molar-refractivity contribution in [1.82, 2.24) is 9.55 Å². The number of aryl methyl sites for hydroxylation is 1. The molecule has 0 amide bonds. The summed E-state index contributed by atoms with van der Waals surface area (Å²) in [6, 6.07) is 1.66. The highest BCUT2D eigenvalue weighted by atomic mass is 16.1. The maximum absolute atomic E-state index is 10.9. The number of rotatable bonds is 3. The molecule has 0 atom stereocenters. The average molecular weight is 152 g/mol. The van der Waals surface area contributed by atoms with Crippen LogP contribution in [0.1, 0.15) is 6.42 Å². The molecule has 4 nitrogen and oxygen atoms in total. The van der Waals surface area contributed by atoms with E-state index >= 15 is 0 Å². The van der Waals surface area contributed by atoms with Gasteiger partial charge in [0.2, 0.25) is 0 Å². The van der Waals surface area contributed by atoms with Gasteiger partial charge in [0.25, 0.3) is 0 Å². The molecule has 0 aliphatic rings. The average Bonchev–Trinajstić information content (AvgIpc) is 2.03. The van der Waals surface area contributed by atoms with Crippen molar-refractivity contribution in [2.75, 3.05) is 0 Å². The normalized spacial score (nSPS) is 9.45. The number of aldehydes is 1. The summed E-state index contributed by atoms with van der Waals surface area (Å²) >= 11 is 0. The lowest BCUT2D eigenvalue weighted by Crippen LogP contribution is -2.21. The van der Waals surface area contributed by atoms with E-state index in [0.717, 1.165) is 6.29 Å². The summed E-state index contributed by atoms with van der Waals surface area (Å²) in [5.41, 5.74) is -0.311. The van der Waals surface area contributed by atoms with Gasteiger partial charge in [0.15, 0.2) is 0 Å². The van der Waals surface area contributed by atoms with Gasteiger partial charge in [-0.1, -0.05) is 0 Å². The molecule has 0 saturated carbocycles. The van der Waals surface area contributed by atoms with E-state index in [1.165, 1.54) is 10.8 Å². The second-order valence-corrected chi connectivity index (χ2v) is 2.05. The van der Waals surface area contributed by atoms with Crippen molar-refractivity contribution in [2.24, 2.45) is 0 Å². The van der Waals surface area contributed by atoms with Gasteiger partial charge in [-0.3, -0.25) is 4.57 Å². The first-order valence-electron chi connectivity index (χ1n) is 3.29. The molecule has 0 spiro atoms. The number of aromatic nitrogens is 2. The van der Waals surface area contributed by atoms with Crippen LogP contribution in [0.5, 0.6) is 0 Å². The monoisotopic (exact) mass is 152 g/mol. The molecule has 4 heteroatoms. The first-order chi connectivity index (χ1) is 5.34. The predicted octanol–water partition coefficient (Wildman–Crippen LogP) is -0.168. The maximum atomic E-state index is 10.9. The summed E-state index contributed by atoms with van der Waals surface area (Å²) in [6.07, 6.45) is 4.17. The summed E-state index contributed by atoms with van der Waals surface area (Å²) in [4.78, 5) is 24.3. The zero-order chi connectivity index (χ0) is 8.10. The van der Waals surface area contributed by atoms with Gasteiger partial charge in [0.1, 0.15) is 6.29 Å². The quantitative estimate of drug-likeness (QED) is 0.565. The summed E-state index contributed by atoms with van der Waals surface area (Å²) in [6.45, 7) is 0.413. The van der Waals surface area contributed by atoms with E-state index in [-0.39, 0.29) is 5.69 Å². The molecule has 0 radical (unpaired) electrons. The van der Waals surface area contributed by atoms with Crippen LogP contribution in [0.25, 0.3) is 0 Å². The van der Waals surface area contributed by atoms with E-state index in [4.69, 9.17) is 0 Å². The van der Waals surface area contributed by atoms with Crippen LogP contribution in [0, 0.1) is 0 Å². The van der Waals surface area contributed by atoms with Gasteiger partial charge < -0.3 is 4.79 Å². The Morgan fingerprint density at radius 2 is 2.45 bits per heavy atom. The van der Waals surface area contributed by atoms with Gasteiger partial charge >= 0.3 is 5.69 Å². The molecular weight excluding hydrogens is 144 g/mol. The highest BCUT2D eigenvalue weighted by Crippen LogP contribution is 1.81. The molecule has 0 aliphatic heterocycles. The minimum Gasteiger partial charge on any atom is -0.303 e. The Labute approximate surface area is 63.5 Å². The van der Waals surface area contributed by atoms with Gasteiger partial charge in [-0.05, 0) is 6.07 Å². The molecule has 0 N–H and O–H groups in total. The van der Waals surface area contributed by atoms with Crippen LogP contribution in [-0.4, -0.2) is 15.8 Å². The van der Waals surface area contributed by atoms with Crippen molar-refractivity contribution < 1.29 is 4.79 Å². The predicted molar refractivity (Wildman–Crippen MR) is 39.2 cm³/mol. The van der Waals surface area contributed by atoms with Crippen molar-refractivity contribution in [2.45, 2.75) is 13.0 Å². The second kappa shape index (κ2) is 3.65. The van der Waals surface area contributed by atoms with Crippen LogP contribution in [0.4, 0.5) is 0 Å². The molecule has 11 heavy (non-hydrogen) atoms. The number of nitrogens with zero attached hydrogens (tertiary/aromatic N) is 2. The molecule has 1 aromatic rings. The Morgan fingerprint density at radius 3 is 3.09 bits per heavy atom. The Balaban J connectivity index is 2.78. The summed E-state index contributed by atoms with van der Waals surface area (Å²) in [7, 11) is 0. The van der Waals surface area contributed by atoms with Crippen molar-refractivity contribution >= 4 is 6.29 Å². The fraction of sp³-hybridized carbons (Fsp3) is 0.286. The fourth-order valence-electron chi connectivity index (χ4n) is 0.749. The van der Waals surface area contributed by atoms with Gasteiger partial charge in [-0.25, -0.2) is 9.78 Å². The lowest BCUT2D eigenvalue weighted by Gasteiger charge is -1.98.